The minimum absolute atomic E-state index is 0.119. The number of anilines is 1. The molecule has 0 spiro atoms. The standard InChI is InChI=1S/C16H15F2N3O3/c17-15(18)24-14-3-1-2-13(20-14)21-16(22)19-7-10-4-5-11-8-23-9-12(11)6-10/h1-6,15H,7-9H2,(H2,19,20,21,22). The fourth-order valence-corrected chi connectivity index (χ4v) is 2.32. The maximum atomic E-state index is 12.1. The smallest absolute Gasteiger partial charge is 0.388 e. The summed E-state index contributed by atoms with van der Waals surface area (Å²) in [5.74, 6) is -0.144. The van der Waals surface area contributed by atoms with Gasteiger partial charge in [-0.2, -0.15) is 13.8 Å². The topological polar surface area (TPSA) is 72.5 Å². The van der Waals surface area contributed by atoms with Crippen molar-refractivity contribution in [3.63, 3.8) is 0 Å². The number of pyridine rings is 1. The first-order valence-electron chi connectivity index (χ1n) is 7.25. The number of fused-ring (bicyclic) bond motifs is 1. The summed E-state index contributed by atoms with van der Waals surface area (Å²) in [5.41, 5.74) is 3.22. The van der Waals surface area contributed by atoms with Crippen molar-refractivity contribution in [2.45, 2.75) is 26.4 Å². The van der Waals surface area contributed by atoms with Gasteiger partial charge < -0.3 is 14.8 Å². The molecule has 2 N–H and O–H groups in total. The van der Waals surface area contributed by atoms with Crippen LogP contribution in [0.25, 0.3) is 0 Å². The molecule has 1 aromatic heterocycles. The fraction of sp³-hybridized carbons (Fsp3) is 0.250. The van der Waals surface area contributed by atoms with Crippen molar-refractivity contribution in [3.05, 3.63) is 53.1 Å². The van der Waals surface area contributed by atoms with E-state index in [0.29, 0.717) is 19.8 Å². The molecule has 3 rings (SSSR count). The first-order valence-corrected chi connectivity index (χ1v) is 7.25. The Kier molecular flexibility index (Phi) is 4.85. The molecule has 24 heavy (non-hydrogen) atoms. The van der Waals surface area contributed by atoms with Crippen LogP contribution >= 0.6 is 0 Å². The average molecular weight is 335 g/mol. The van der Waals surface area contributed by atoms with Crippen LogP contribution in [0.3, 0.4) is 0 Å². The number of nitrogens with zero attached hydrogens (tertiary/aromatic N) is 1. The molecule has 2 aromatic rings. The first-order chi connectivity index (χ1) is 11.6. The lowest BCUT2D eigenvalue weighted by Crippen LogP contribution is -2.28. The number of alkyl halides is 2. The second kappa shape index (κ2) is 7.22. The number of benzene rings is 1. The maximum absolute atomic E-state index is 12.1. The lowest BCUT2D eigenvalue weighted by molar-refractivity contribution is -0.0527. The molecule has 1 aromatic carbocycles. The minimum atomic E-state index is -2.97. The van der Waals surface area contributed by atoms with Gasteiger partial charge >= 0.3 is 12.6 Å². The lowest BCUT2D eigenvalue weighted by Gasteiger charge is -2.09. The molecule has 0 bridgehead atoms. The molecule has 0 radical (unpaired) electrons. The van der Waals surface area contributed by atoms with E-state index < -0.39 is 12.6 Å². The summed E-state index contributed by atoms with van der Waals surface area (Å²) in [7, 11) is 0. The van der Waals surface area contributed by atoms with Crippen LogP contribution in [0, 0.1) is 0 Å². The predicted octanol–water partition coefficient (Wildman–Crippen LogP) is 3.03. The molecule has 1 aliphatic heterocycles. The van der Waals surface area contributed by atoms with Gasteiger partial charge in [0.25, 0.3) is 0 Å². The number of ether oxygens (including phenoxy) is 2. The highest BCUT2D eigenvalue weighted by Gasteiger charge is 2.12. The van der Waals surface area contributed by atoms with Gasteiger partial charge in [-0.1, -0.05) is 24.3 Å². The van der Waals surface area contributed by atoms with Crippen molar-refractivity contribution in [3.8, 4) is 5.88 Å². The third-order valence-electron chi connectivity index (χ3n) is 3.41. The zero-order chi connectivity index (χ0) is 16.9. The summed E-state index contributed by atoms with van der Waals surface area (Å²) in [6.45, 7) is -1.44. The second-order valence-corrected chi connectivity index (χ2v) is 5.14. The molecular formula is C16H15F2N3O3. The summed E-state index contributed by atoms with van der Waals surface area (Å²) >= 11 is 0. The monoisotopic (exact) mass is 335 g/mol. The molecule has 126 valence electrons. The van der Waals surface area contributed by atoms with Crippen molar-refractivity contribution in [2.75, 3.05) is 5.32 Å². The number of nitrogens with one attached hydrogen (secondary N) is 2. The predicted molar refractivity (Wildman–Crippen MR) is 81.7 cm³/mol. The third-order valence-corrected chi connectivity index (χ3v) is 3.41. The van der Waals surface area contributed by atoms with Crippen molar-refractivity contribution in [1.82, 2.24) is 10.3 Å². The first kappa shape index (κ1) is 16.1. The quantitative estimate of drug-likeness (QED) is 0.881. The van der Waals surface area contributed by atoms with Gasteiger partial charge in [-0.15, -0.1) is 0 Å². The fourth-order valence-electron chi connectivity index (χ4n) is 2.32. The minimum Gasteiger partial charge on any atom is -0.417 e. The van der Waals surface area contributed by atoms with Crippen LogP contribution < -0.4 is 15.4 Å². The van der Waals surface area contributed by atoms with Crippen LogP contribution in [-0.2, 0) is 24.5 Å². The van der Waals surface area contributed by atoms with Crippen LogP contribution in [0.15, 0.2) is 36.4 Å². The van der Waals surface area contributed by atoms with Gasteiger partial charge in [0.05, 0.1) is 13.2 Å². The van der Waals surface area contributed by atoms with E-state index in [1.807, 2.05) is 18.2 Å². The Morgan fingerprint density at radius 1 is 1.25 bits per heavy atom. The SMILES string of the molecule is O=C(NCc1ccc2c(c1)COC2)Nc1cccc(OC(F)F)n1. The third kappa shape index (κ3) is 4.17. The summed E-state index contributed by atoms with van der Waals surface area (Å²) in [4.78, 5) is 15.6. The van der Waals surface area contributed by atoms with E-state index in [0.717, 1.165) is 16.7 Å². The Morgan fingerprint density at radius 2 is 2.08 bits per heavy atom. The molecule has 6 nitrogen and oxygen atoms in total. The highest BCUT2D eigenvalue weighted by atomic mass is 19.3. The number of hydrogen-bond donors (Lipinski definition) is 2. The molecular weight excluding hydrogens is 320 g/mol. The molecule has 0 saturated heterocycles. The Hall–Kier alpha value is -2.74. The van der Waals surface area contributed by atoms with E-state index in [1.165, 1.54) is 18.2 Å². The number of aromatic nitrogens is 1. The van der Waals surface area contributed by atoms with Gasteiger partial charge in [0.1, 0.15) is 5.82 Å². The molecule has 0 saturated carbocycles. The number of urea groups is 1. The van der Waals surface area contributed by atoms with Crippen molar-refractivity contribution in [2.24, 2.45) is 0 Å². The van der Waals surface area contributed by atoms with E-state index in [4.69, 9.17) is 4.74 Å². The number of hydrogen-bond acceptors (Lipinski definition) is 4. The van der Waals surface area contributed by atoms with Gasteiger partial charge in [-0.05, 0) is 22.8 Å². The van der Waals surface area contributed by atoms with Gasteiger partial charge in [-0.25, -0.2) is 4.79 Å². The Labute approximate surface area is 136 Å². The molecule has 2 amide bonds. The van der Waals surface area contributed by atoms with Crippen LogP contribution in [-0.4, -0.2) is 17.6 Å². The average Bonchev–Trinajstić information content (AvgIpc) is 3.00. The van der Waals surface area contributed by atoms with Crippen LogP contribution in [0.4, 0.5) is 19.4 Å². The molecule has 1 aliphatic rings. The summed E-state index contributed by atoms with van der Waals surface area (Å²) < 4.78 is 33.8. The zero-order valence-corrected chi connectivity index (χ0v) is 12.6. The molecule has 0 atom stereocenters. The largest absolute Gasteiger partial charge is 0.417 e. The normalized spacial score (nSPS) is 12.8. The highest BCUT2D eigenvalue weighted by molar-refractivity contribution is 5.88. The number of amides is 2. The van der Waals surface area contributed by atoms with E-state index in [2.05, 4.69) is 20.4 Å². The number of rotatable bonds is 5. The Balaban J connectivity index is 1.54. The van der Waals surface area contributed by atoms with Gasteiger partial charge in [0.15, 0.2) is 0 Å². The van der Waals surface area contributed by atoms with E-state index in [-0.39, 0.29) is 11.7 Å². The van der Waals surface area contributed by atoms with E-state index >= 15 is 0 Å². The number of halogens is 2. The zero-order valence-electron chi connectivity index (χ0n) is 12.6. The number of carbonyl (C=O) groups excluding carboxylic acids is 1. The van der Waals surface area contributed by atoms with Gasteiger partial charge in [0.2, 0.25) is 5.88 Å². The van der Waals surface area contributed by atoms with Crippen molar-refractivity contribution < 1.29 is 23.0 Å². The van der Waals surface area contributed by atoms with Crippen LogP contribution in [0.2, 0.25) is 0 Å². The van der Waals surface area contributed by atoms with Gasteiger partial charge in [0, 0.05) is 12.6 Å². The Bertz CT molecular complexity index is 740. The summed E-state index contributed by atoms with van der Waals surface area (Å²) in [5, 5.41) is 5.15. The molecule has 2 heterocycles. The van der Waals surface area contributed by atoms with Crippen LogP contribution in [0.5, 0.6) is 5.88 Å². The number of carbonyl (C=O) groups is 1. The highest BCUT2D eigenvalue weighted by Crippen LogP contribution is 2.20. The van der Waals surface area contributed by atoms with Crippen LogP contribution in [0.1, 0.15) is 16.7 Å². The van der Waals surface area contributed by atoms with Gasteiger partial charge in [-0.3, -0.25) is 5.32 Å². The molecule has 8 heteroatoms. The van der Waals surface area contributed by atoms with Crippen molar-refractivity contribution >= 4 is 11.8 Å². The summed E-state index contributed by atoms with van der Waals surface area (Å²) in [6.07, 6.45) is 0. The summed E-state index contributed by atoms with van der Waals surface area (Å²) in [6, 6.07) is 9.60. The maximum Gasteiger partial charge on any atom is 0.388 e. The van der Waals surface area contributed by atoms with E-state index in [1.54, 1.807) is 0 Å². The van der Waals surface area contributed by atoms with E-state index in [9.17, 15) is 13.6 Å². The molecule has 0 fully saturated rings. The second-order valence-electron chi connectivity index (χ2n) is 5.14. The molecule has 0 unspecified atom stereocenters. The lowest BCUT2D eigenvalue weighted by atomic mass is 10.1. The Morgan fingerprint density at radius 3 is 2.92 bits per heavy atom. The molecule has 0 aliphatic carbocycles. The van der Waals surface area contributed by atoms with Crippen molar-refractivity contribution in [1.29, 1.82) is 0 Å².